The van der Waals surface area contributed by atoms with Crippen LogP contribution < -0.4 is 5.32 Å². The first-order valence-corrected chi connectivity index (χ1v) is 10.2. The van der Waals surface area contributed by atoms with Crippen LogP contribution >= 0.6 is 11.3 Å². The molecule has 0 amide bonds. The molecule has 1 unspecified atom stereocenters. The highest BCUT2D eigenvalue weighted by Gasteiger charge is 2.34. The number of hydrogen-bond donors (Lipinski definition) is 2. The van der Waals surface area contributed by atoms with E-state index in [4.69, 9.17) is 0 Å². The van der Waals surface area contributed by atoms with Crippen LogP contribution in [0.4, 0.5) is 4.39 Å². The van der Waals surface area contributed by atoms with Gasteiger partial charge in [-0.15, -0.1) is 0 Å². The number of hydrogen-bond acceptors (Lipinski definition) is 3. The van der Waals surface area contributed by atoms with Crippen LogP contribution in [0.2, 0.25) is 0 Å². The lowest BCUT2D eigenvalue weighted by molar-refractivity contribution is 0.132. The summed E-state index contributed by atoms with van der Waals surface area (Å²) in [4.78, 5) is 0. The van der Waals surface area contributed by atoms with Crippen molar-refractivity contribution in [2.45, 2.75) is 63.5 Å². The van der Waals surface area contributed by atoms with Crippen molar-refractivity contribution in [3.05, 3.63) is 57.5 Å². The Morgan fingerprint density at radius 3 is 2.72 bits per heavy atom. The Hall–Kier alpha value is -1.23. The molecule has 2 nitrogen and oxygen atoms in total. The van der Waals surface area contributed by atoms with Gasteiger partial charge in [-0.25, -0.2) is 4.39 Å². The summed E-state index contributed by atoms with van der Waals surface area (Å²) in [7, 11) is 0. The van der Waals surface area contributed by atoms with E-state index in [1.54, 1.807) is 17.4 Å². The second-order valence-electron chi connectivity index (χ2n) is 7.37. The quantitative estimate of drug-likeness (QED) is 0.732. The number of nitrogens with one attached hydrogen (secondary N) is 1. The van der Waals surface area contributed by atoms with Crippen LogP contribution in [0.3, 0.4) is 0 Å². The minimum Gasteiger partial charge on any atom is -0.392 e. The van der Waals surface area contributed by atoms with Gasteiger partial charge in [-0.3, -0.25) is 0 Å². The van der Waals surface area contributed by atoms with Crippen molar-refractivity contribution in [3.8, 4) is 0 Å². The van der Waals surface area contributed by atoms with E-state index in [-0.39, 0.29) is 11.4 Å². The van der Waals surface area contributed by atoms with E-state index in [9.17, 15) is 9.50 Å². The molecule has 1 atom stereocenters. The van der Waals surface area contributed by atoms with E-state index < -0.39 is 6.10 Å². The average molecular weight is 362 g/mol. The first-order valence-electron chi connectivity index (χ1n) is 9.29. The molecule has 3 rings (SSSR count). The smallest absolute Gasteiger partial charge is 0.123 e. The summed E-state index contributed by atoms with van der Waals surface area (Å²) in [6.07, 6.45) is 6.99. The first-order chi connectivity index (χ1) is 12.1. The van der Waals surface area contributed by atoms with Gasteiger partial charge in [-0.2, -0.15) is 11.3 Å². The Kier molecular flexibility index (Phi) is 6.26. The second-order valence-corrected chi connectivity index (χ2v) is 8.15. The minimum absolute atomic E-state index is 0.0225. The van der Waals surface area contributed by atoms with E-state index in [1.807, 2.05) is 13.0 Å². The van der Waals surface area contributed by atoms with Crippen LogP contribution in [0, 0.1) is 12.7 Å². The average Bonchev–Trinajstić information content (AvgIpc) is 3.13. The molecule has 1 aromatic heterocycles. The van der Waals surface area contributed by atoms with Crippen molar-refractivity contribution >= 4 is 11.3 Å². The van der Waals surface area contributed by atoms with Gasteiger partial charge in [-0.1, -0.05) is 25.3 Å². The molecule has 1 saturated carbocycles. The summed E-state index contributed by atoms with van der Waals surface area (Å²) < 4.78 is 13.5. The third kappa shape index (κ3) is 4.90. The standard InChI is InChI=1S/C21H28FNOS/c1-16-11-17(13-19(22)12-16)5-6-20(24)14-23-21(8-3-2-4-9-21)18-7-10-25-15-18/h7,10-13,15,20,23-24H,2-6,8-9,14H2,1H3. The predicted molar refractivity (Wildman–Crippen MR) is 103 cm³/mol. The largest absolute Gasteiger partial charge is 0.392 e. The number of aliphatic hydroxyl groups is 1. The van der Waals surface area contributed by atoms with Gasteiger partial charge in [0.2, 0.25) is 0 Å². The van der Waals surface area contributed by atoms with Gasteiger partial charge in [0.25, 0.3) is 0 Å². The minimum atomic E-state index is -0.416. The van der Waals surface area contributed by atoms with Gasteiger partial charge in [0.15, 0.2) is 0 Å². The van der Waals surface area contributed by atoms with Gasteiger partial charge in [0.1, 0.15) is 5.82 Å². The summed E-state index contributed by atoms with van der Waals surface area (Å²) >= 11 is 1.74. The third-order valence-electron chi connectivity index (χ3n) is 5.33. The monoisotopic (exact) mass is 361 g/mol. The van der Waals surface area contributed by atoms with Crippen LogP contribution in [0.5, 0.6) is 0 Å². The molecule has 136 valence electrons. The van der Waals surface area contributed by atoms with Crippen molar-refractivity contribution < 1.29 is 9.50 Å². The summed E-state index contributed by atoms with van der Waals surface area (Å²) in [6, 6.07) is 7.32. The topological polar surface area (TPSA) is 32.3 Å². The van der Waals surface area contributed by atoms with Crippen LogP contribution in [0.25, 0.3) is 0 Å². The maximum absolute atomic E-state index is 13.5. The highest BCUT2D eigenvalue weighted by Crippen LogP contribution is 2.38. The predicted octanol–water partition coefficient (Wildman–Crippen LogP) is 4.94. The lowest BCUT2D eigenvalue weighted by Gasteiger charge is -2.39. The highest BCUT2D eigenvalue weighted by molar-refractivity contribution is 7.08. The first kappa shape index (κ1) is 18.6. The van der Waals surface area contributed by atoms with Gasteiger partial charge in [-0.05, 0) is 78.3 Å². The number of halogens is 1. The third-order valence-corrected chi connectivity index (χ3v) is 6.01. The highest BCUT2D eigenvalue weighted by atomic mass is 32.1. The Bertz CT molecular complexity index is 644. The molecule has 0 radical (unpaired) electrons. The molecule has 1 aliphatic rings. The van der Waals surface area contributed by atoms with Gasteiger partial charge < -0.3 is 10.4 Å². The maximum atomic E-state index is 13.5. The molecule has 1 aliphatic carbocycles. The Morgan fingerprint density at radius 1 is 1.24 bits per heavy atom. The Labute approximate surface area is 154 Å². The summed E-state index contributed by atoms with van der Waals surface area (Å²) in [5, 5.41) is 18.5. The molecule has 0 spiro atoms. The van der Waals surface area contributed by atoms with Crippen LogP contribution in [0.15, 0.2) is 35.0 Å². The van der Waals surface area contributed by atoms with E-state index >= 15 is 0 Å². The number of aryl methyl sites for hydroxylation is 2. The summed E-state index contributed by atoms with van der Waals surface area (Å²) in [5.74, 6) is -0.193. The zero-order chi connectivity index (χ0) is 17.7. The second kappa shape index (κ2) is 8.43. The zero-order valence-corrected chi connectivity index (χ0v) is 15.7. The molecular weight excluding hydrogens is 333 g/mol. The van der Waals surface area contributed by atoms with E-state index in [0.717, 1.165) is 24.0 Å². The van der Waals surface area contributed by atoms with Crippen molar-refractivity contribution in [3.63, 3.8) is 0 Å². The van der Waals surface area contributed by atoms with Crippen molar-refractivity contribution in [1.82, 2.24) is 5.32 Å². The van der Waals surface area contributed by atoms with E-state index in [2.05, 4.69) is 22.1 Å². The fourth-order valence-corrected chi connectivity index (χ4v) is 4.72. The Balaban J connectivity index is 1.55. The van der Waals surface area contributed by atoms with Crippen LogP contribution in [0.1, 0.15) is 55.2 Å². The van der Waals surface area contributed by atoms with Crippen molar-refractivity contribution in [2.75, 3.05) is 6.54 Å². The number of aliphatic hydroxyl groups excluding tert-OH is 1. The lowest BCUT2D eigenvalue weighted by atomic mass is 9.77. The fourth-order valence-electron chi connectivity index (χ4n) is 3.96. The SMILES string of the molecule is Cc1cc(F)cc(CCC(O)CNC2(c3ccsc3)CCCCC2)c1. The molecule has 1 heterocycles. The van der Waals surface area contributed by atoms with Gasteiger partial charge in [0, 0.05) is 12.1 Å². The number of rotatable bonds is 7. The molecule has 2 aromatic rings. The maximum Gasteiger partial charge on any atom is 0.123 e. The number of benzene rings is 1. The Morgan fingerprint density at radius 2 is 2.04 bits per heavy atom. The molecule has 0 aliphatic heterocycles. The molecule has 1 fully saturated rings. The molecule has 25 heavy (non-hydrogen) atoms. The van der Waals surface area contributed by atoms with E-state index in [1.165, 1.54) is 30.9 Å². The van der Waals surface area contributed by atoms with Crippen molar-refractivity contribution in [1.29, 1.82) is 0 Å². The zero-order valence-electron chi connectivity index (χ0n) is 14.9. The van der Waals surface area contributed by atoms with Gasteiger partial charge in [0.05, 0.1) is 6.10 Å². The van der Waals surface area contributed by atoms with Crippen LogP contribution in [-0.2, 0) is 12.0 Å². The summed E-state index contributed by atoms with van der Waals surface area (Å²) in [6.45, 7) is 2.49. The molecule has 0 bridgehead atoms. The molecule has 4 heteroatoms. The lowest BCUT2D eigenvalue weighted by Crippen LogP contribution is -2.46. The van der Waals surface area contributed by atoms with Gasteiger partial charge >= 0.3 is 0 Å². The van der Waals surface area contributed by atoms with E-state index in [0.29, 0.717) is 19.4 Å². The fraction of sp³-hybridized carbons (Fsp3) is 0.524. The molecule has 2 N–H and O–H groups in total. The summed E-state index contributed by atoms with van der Waals surface area (Å²) in [5.41, 5.74) is 3.28. The number of thiophene rings is 1. The molecule has 1 aromatic carbocycles. The van der Waals surface area contributed by atoms with Crippen LogP contribution in [-0.4, -0.2) is 17.8 Å². The molecular formula is C21H28FNOS. The normalized spacial score (nSPS) is 18.2. The van der Waals surface area contributed by atoms with Crippen molar-refractivity contribution in [2.24, 2.45) is 0 Å². The molecule has 0 saturated heterocycles.